The molecule has 1 rings (SSSR count). The molecule has 1 fully saturated rings. The summed E-state index contributed by atoms with van der Waals surface area (Å²) < 4.78 is 24.7. The highest BCUT2D eigenvalue weighted by atomic mass is 19.3. The number of nitrogens with one attached hydrogen (secondary N) is 1. The minimum Gasteiger partial charge on any atom is -0.395 e. The van der Waals surface area contributed by atoms with E-state index in [-0.39, 0.29) is 19.7 Å². The third kappa shape index (κ3) is 5.39. The molecule has 20 heavy (non-hydrogen) atoms. The number of alkyl halides is 2. The lowest BCUT2D eigenvalue weighted by atomic mass is 9.83. The molecule has 0 aromatic carbocycles. The maximum Gasteiger partial charge on any atom is 0.251 e. The van der Waals surface area contributed by atoms with Gasteiger partial charge in [0, 0.05) is 6.54 Å². The Morgan fingerprint density at radius 1 is 1.40 bits per heavy atom. The Balaban J connectivity index is 2.53. The fourth-order valence-electron chi connectivity index (χ4n) is 2.50. The topological polar surface area (TPSA) is 76.4 Å². The Bertz CT molecular complexity index is 352. The second kappa shape index (κ2) is 8.12. The summed E-state index contributed by atoms with van der Waals surface area (Å²) in [6, 6.07) is 2.15. The fraction of sp³-hybridized carbons (Fsp3) is 0.846. The van der Waals surface area contributed by atoms with Gasteiger partial charge in [-0.2, -0.15) is 5.26 Å². The average Bonchev–Trinajstić information content (AvgIpc) is 2.39. The second-order valence-corrected chi connectivity index (χ2v) is 5.15. The lowest BCUT2D eigenvalue weighted by Gasteiger charge is -2.32. The Labute approximate surface area is 117 Å². The molecule has 1 amide bonds. The molecule has 0 bridgehead atoms. The summed E-state index contributed by atoms with van der Waals surface area (Å²) in [4.78, 5) is 13.1. The molecule has 0 atom stereocenters. The van der Waals surface area contributed by atoms with E-state index in [0.29, 0.717) is 12.8 Å². The average molecular weight is 289 g/mol. The Morgan fingerprint density at radius 2 is 2.05 bits per heavy atom. The van der Waals surface area contributed by atoms with Gasteiger partial charge in [0.15, 0.2) is 0 Å². The molecule has 0 aromatic rings. The van der Waals surface area contributed by atoms with Crippen LogP contribution in [0.4, 0.5) is 8.78 Å². The maximum atomic E-state index is 12.4. The van der Waals surface area contributed by atoms with E-state index in [1.54, 1.807) is 0 Å². The van der Waals surface area contributed by atoms with Crippen molar-refractivity contribution in [1.29, 1.82) is 5.26 Å². The van der Waals surface area contributed by atoms with Crippen molar-refractivity contribution in [2.45, 2.75) is 44.1 Å². The minimum atomic E-state index is -2.56. The van der Waals surface area contributed by atoms with Crippen LogP contribution in [0.15, 0.2) is 0 Å². The Morgan fingerprint density at radius 3 is 2.55 bits per heavy atom. The third-order valence-corrected chi connectivity index (χ3v) is 3.48. The van der Waals surface area contributed by atoms with Crippen LogP contribution in [0.25, 0.3) is 0 Å². The summed E-state index contributed by atoms with van der Waals surface area (Å²) in [5, 5.41) is 20.7. The van der Waals surface area contributed by atoms with Crippen molar-refractivity contribution in [2.24, 2.45) is 0 Å². The number of hydrogen-bond acceptors (Lipinski definition) is 4. The standard InChI is InChI=1S/C13H21F2N3O2/c14-11(15)8-18(6-7-19)9-12(20)17-13(10-16)4-2-1-3-5-13/h11,19H,1-9H2,(H,17,20). The summed E-state index contributed by atoms with van der Waals surface area (Å²) in [6.07, 6.45) is 1.44. The van der Waals surface area contributed by atoms with Crippen LogP contribution in [-0.2, 0) is 4.79 Å². The van der Waals surface area contributed by atoms with E-state index in [4.69, 9.17) is 5.11 Å². The largest absolute Gasteiger partial charge is 0.395 e. The van der Waals surface area contributed by atoms with Crippen molar-refractivity contribution in [3.63, 3.8) is 0 Å². The predicted octanol–water partition coefficient (Wildman–Crippen LogP) is 0.888. The van der Waals surface area contributed by atoms with Crippen molar-refractivity contribution >= 4 is 5.91 Å². The first-order chi connectivity index (χ1) is 9.51. The SMILES string of the molecule is N#CC1(NC(=O)CN(CCO)CC(F)F)CCCCC1. The lowest BCUT2D eigenvalue weighted by Crippen LogP contribution is -2.52. The first-order valence-corrected chi connectivity index (χ1v) is 6.85. The highest BCUT2D eigenvalue weighted by Crippen LogP contribution is 2.27. The molecule has 7 heteroatoms. The van der Waals surface area contributed by atoms with E-state index < -0.39 is 24.4 Å². The number of aliphatic hydroxyl groups excluding tert-OH is 1. The Hall–Kier alpha value is -1.26. The molecular weight excluding hydrogens is 268 g/mol. The van der Waals surface area contributed by atoms with Gasteiger partial charge >= 0.3 is 0 Å². The number of amides is 1. The number of nitrogens with zero attached hydrogens (tertiary/aromatic N) is 2. The number of hydrogen-bond donors (Lipinski definition) is 2. The maximum absolute atomic E-state index is 12.4. The number of halogens is 2. The van der Waals surface area contributed by atoms with Gasteiger partial charge in [-0.15, -0.1) is 0 Å². The van der Waals surface area contributed by atoms with Gasteiger partial charge in [0.1, 0.15) is 5.54 Å². The van der Waals surface area contributed by atoms with Gasteiger partial charge in [-0.1, -0.05) is 19.3 Å². The van der Waals surface area contributed by atoms with Crippen LogP contribution in [0.1, 0.15) is 32.1 Å². The molecule has 1 saturated carbocycles. The summed E-state index contributed by atoms with van der Waals surface area (Å²) >= 11 is 0. The number of carbonyl (C=O) groups excluding carboxylic acids is 1. The van der Waals surface area contributed by atoms with E-state index in [1.807, 2.05) is 0 Å². The monoisotopic (exact) mass is 289 g/mol. The van der Waals surface area contributed by atoms with Crippen LogP contribution in [0.5, 0.6) is 0 Å². The molecule has 1 aliphatic rings. The van der Waals surface area contributed by atoms with Crippen LogP contribution < -0.4 is 5.32 Å². The van der Waals surface area contributed by atoms with E-state index in [0.717, 1.165) is 19.3 Å². The van der Waals surface area contributed by atoms with Gasteiger partial charge in [-0.3, -0.25) is 9.69 Å². The first-order valence-electron chi connectivity index (χ1n) is 6.85. The second-order valence-electron chi connectivity index (χ2n) is 5.15. The van der Waals surface area contributed by atoms with Crippen molar-refractivity contribution in [1.82, 2.24) is 10.2 Å². The van der Waals surface area contributed by atoms with Crippen molar-refractivity contribution < 1.29 is 18.7 Å². The van der Waals surface area contributed by atoms with Crippen LogP contribution in [0, 0.1) is 11.3 Å². The molecule has 0 radical (unpaired) electrons. The zero-order valence-corrected chi connectivity index (χ0v) is 11.4. The zero-order valence-electron chi connectivity index (χ0n) is 11.4. The molecular formula is C13H21F2N3O2. The van der Waals surface area contributed by atoms with E-state index >= 15 is 0 Å². The summed E-state index contributed by atoms with van der Waals surface area (Å²) in [7, 11) is 0. The molecule has 0 aromatic heterocycles. The van der Waals surface area contributed by atoms with E-state index in [1.165, 1.54) is 4.90 Å². The zero-order chi connectivity index (χ0) is 15.0. The van der Waals surface area contributed by atoms with Crippen molar-refractivity contribution in [2.75, 3.05) is 26.2 Å². The van der Waals surface area contributed by atoms with Crippen LogP contribution in [0.2, 0.25) is 0 Å². The van der Waals surface area contributed by atoms with Gasteiger partial charge in [-0.25, -0.2) is 8.78 Å². The highest BCUT2D eigenvalue weighted by molar-refractivity contribution is 5.79. The number of nitriles is 1. The lowest BCUT2D eigenvalue weighted by molar-refractivity contribution is -0.124. The Kier molecular flexibility index (Phi) is 6.82. The molecule has 0 spiro atoms. The number of carbonyl (C=O) groups is 1. The molecule has 5 nitrogen and oxygen atoms in total. The molecule has 0 aliphatic heterocycles. The van der Waals surface area contributed by atoms with Gasteiger partial charge in [0.2, 0.25) is 5.91 Å². The van der Waals surface area contributed by atoms with Crippen LogP contribution in [-0.4, -0.2) is 54.1 Å². The first kappa shape index (κ1) is 16.8. The quantitative estimate of drug-likeness (QED) is 0.730. The molecule has 0 saturated heterocycles. The van der Waals surface area contributed by atoms with Gasteiger partial charge < -0.3 is 10.4 Å². The molecule has 0 heterocycles. The molecule has 2 N–H and O–H groups in total. The van der Waals surface area contributed by atoms with Crippen molar-refractivity contribution in [3.8, 4) is 6.07 Å². The van der Waals surface area contributed by atoms with Gasteiger partial charge in [0.25, 0.3) is 6.43 Å². The summed E-state index contributed by atoms with van der Waals surface area (Å²) in [6.45, 7) is -1.07. The number of aliphatic hydroxyl groups is 1. The predicted molar refractivity (Wildman–Crippen MR) is 69.1 cm³/mol. The van der Waals surface area contributed by atoms with Gasteiger partial charge in [0.05, 0.1) is 25.8 Å². The number of rotatable bonds is 7. The van der Waals surface area contributed by atoms with Gasteiger partial charge in [-0.05, 0) is 12.8 Å². The summed E-state index contributed by atoms with van der Waals surface area (Å²) in [5.41, 5.74) is -0.856. The minimum absolute atomic E-state index is 0.0112. The third-order valence-electron chi connectivity index (χ3n) is 3.48. The fourth-order valence-corrected chi connectivity index (χ4v) is 2.50. The smallest absolute Gasteiger partial charge is 0.251 e. The molecule has 1 aliphatic carbocycles. The molecule has 114 valence electrons. The molecule has 0 unspecified atom stereocenters. The van der Waals surface area contributed by atoms with Crippen molar-refractivity contribution in [3.05, 3.63) is 0 Å². The van der Waals surface area contributed by atoms with Crippen LogP contribution in [0.3, 0.4) is 0 Å². The highest BCUT2D eigenvalue weighted by Gasteiger charge is 2.33. The van der Waals surface area contributed by atoms with E-state index in [9.17, 15) is 18.8 Å². The van der Waals surface area contributed by atoms with E-state index in [2.05, 4.69) is 11.4 Å². The normalized spacial score (nSPS) is 18.0. The summed E-state index contributed by atoms with van der Waals surface area (Å²) in [5.74, 6) is -0.442. The van der Waals surface area contributed by atoms with Crippen LogP contribution >= 0.6 is 0 Å².